The van der Waals surface area contributed by atoms with Crippen LogP contribution in [0, 0.1) is 11.8 Å². The van der Waals surface area contributed by atoms with Crippen molar-refractivity contribution in [2.24, 2.45) is 11.8 Å². The second kappa shape index (κ2) is 29.1. The van der Waals surface area contributed by atoms with Crippen LogP contribution in [0.5, 0.6) is 23.0 Å². The minimum atomic E-state index is -2.02. The predicted octanol–water partition coefficient (Wildman–Crippen LogP) is 22.0. The quantitative estimate of drug-likeness (QED) is 0.0348. The molecule has 0 saturated heterocycles. The van der Waals surface area contributed by atoms with Crippen molar-refractivity contribution in [3.63, 3.8) is 0 Å². The van der Waals surface area contributed by atoms with Crippen molar-refractivity contribution in [3.05, 3.63) is 170 Å². The van der Waals surface area contributed by atoms with Crippen LogP contribution in [0.3, 0.4) is 0 Å². The lowest BCUT2D eigenvalue weighted by Crippen LogP contribution is -2.41. The van der Waals surface area contributed by atoms with Gasteiger partial charge in [-0.05, 0) is 73.2 Å². The molecule has 6 nitrogen and oxygen atoms in total. The van der Waals surface area contributed by atoms with Gasteiger partial charge >= 0.3 is 0 Å². The van der Waals surface area contributed by atoms with Gasteiger partial charge in [-0.25, -0.2) is 0 Å². The lowest BCUT2D eigenvalue weighted by atomic mass is 9.80. The highest BCUT2D eigenvalue weighted by molar-refractivity contribution is 6.90. The van der Waals surface area contributed by atoms with E-state index in [4.69, 9.17) is 9.47 Å². The monoisotopic (exact) mass is 1210 g/mol. The number of aromatic nitrogens is 2. The second-order valence-corrected chi connectivity index (χ2v) is 36.8. The number of phenolic OH excluding ortho intramolecular Hbond substituents is 2. The number of hydrogen-bond acceptors (Lipinski definition) is 4. The Morgan fingerprint density at radius 2 is 0.682 bits per heavy atom. The first-order chi connectivity index (χ1) is 43.0. The van der Waals surface area contributed by atoms with E-state index in [1.807, 2.05) is 0 Å². The highest BCUT2D eigenvalue weighted by Crippen LogP contribution is 2.46. The van der Waals surface area contributed by atoms with Crippen molar-refractivity contribution < 1.29 is 19.7 Å². The summed E-state index contributed by atoms with van der Waals surface area (Å²) in [5.41, 5.74) is 9.51. The molecule has 0 radical (unpaired) electrons. The van der Waals surface area contributed by atoms with Crippen molar-refractivity contribution in [2.75, 3.05) is 13.2 Å². The molecule has 88 heavy (non-hydrogen) atoms. The first-order valence-corrected chi connectivity index (χ1v) is 40.5. The lowest BCUT2D eigenvalue weighted by Gasteiger charge is -2.32. The molecule has 460 valence electrons. The Kier molecular flexibility index (Phi) is 20.7. The number of ether oxygens (including phenoxy) is 2. The Morgan fingerprint density at radius 1 is 0.375 bits per heavy atom. The Balaban J connectivity index is 0.877. The van der Waals surface area contributed by atoms with Crippen molar-refractivity contribution in [3.8, 4) is 56.6 Å². The molecule has 11 rings (SSSR count). The van der Waals surface area contributed by atoms with Gasteiger partial charge in [0.1, 0.15) is 23.0 Å². The normalized spacial score (nSPS) is 14.8. The van der Waals surface area contributed by atoms with Crippen molar-refractivity contribution in [1.29, 1.82) is 0 Å². The Morgan fingerprint density at radius 3 is 1.03 bits per heavy atom. The zero-order chi connectivity index (χ0) is 61.0. The van der Waals surface area contributed by atoms with E-state index in [1.54, 1.807) is 0 Å². The minimum Gasteiger partial charge on any atom is -0.505 e. The summed E-state index contributed by atoms with van der Waals surface area (Å²) in [6.45, 7) is 15.8. The van der Waals surface area contributed by atoms with Crippen molar-refractivity contribution in [1.82, 2.24) is 9.13 Å². The van der Waals surface area contributed by atoms with Crippen LogP contribution >= 0.6 is 0 Å². The van der Waals surface area contributed by atoms with Crippen molar-refractivity contribution >= 4 is 70.1 Å². The Hall–Kier alpha value is -7.01. The molecular formula is C80H98N2O4Si2. The number of hydrogen-bond donors (Lipinski definition) is 2. The van der Waals surface area contributed by atoms with Gasteiger partial charge in [-0.1, -0.05) is 299 Å². The summed E-state index contributed by atoms with van der Waals surface area (Å²) in [6, 6.07) is 63.0. The number of aromatic hydroxyl groups is 2. The molecule has 2 atom stereocenters. The zero-order valence-corrected chi connectivity index (χ0v) is 55.9. The molecule has 8 aromatic carbocycles. The lowest BCUT2D eigenvalue weighted by molar-refractivity contribution is 0.105. The average molecular weight is 1210 g/mol. The van der Waals surface area contributed by atoms with Gasteiger partial charge in [-0.3, -0.25) is 0 Å². The molecule has 1 aliphatic rings. The van der Waals surface area contributed by atoms with Gasteiger partial charge in [0.05, 0.1) is 62.8 Å². The van der Waals surface area contributed by atoms with Crippen LogP contribution in [0.25, 0.3) is 77.2 Å². The predicted molar refractivity (Wildman–Crippen MR) is 381 cm³/mol. The maximum absolute atomic E-state index is 12.9. The van der Waals surface area contributed by atoms with Gasteiger partial charge in [-0.2, -0.15) is 0 Å². The standard InChI is InChI=1S/C80H98N2O4Si2/c1-7-9-11-13-15-17-19-35-51-87(3,4)61-53-69(79(83)75(55-61)81-71-45-29-23-39-63(71)64-40-24-30-46-72(64)81)67-43-27-33-49-77(67)85-57-59-37-21-22-38-60(59)58-86-78-50-34-28-44-68(78)70-54-62(88(5,6)52-36-20-18-16-14-12-10-8-2)56-76(80(70)84)82-73-47-31-25-41-65(73)66-42-26-32-48-74(66)82/h23-34,39-50,53-56,59-60,83-84H,7-22,35-38,51-52,57-58H2,1-6H3/t59-,60-/m0/s1. The number of unbranched alkanes of at least 4 members (excludes halogenated alkanes) is 14. The minimum absolute atomic E-state index is 0.266. The van der Waals surface area contributed by atoms with E-state index >= 15 is 0 Å². The Bertz CT molecular complexity index is 3580. The summed E-state index contributed by atoms with van der Waals surface area (Å²) in [4.78, 5) is 0. The molecule has 0 spiro atoms. The van der Waals surface area contributed by atoms with Crippen molar-refractivity contribution in [2.45, 2.75) is 181 Å². The molecule has 0 unspecified atom stereocenters. The fourth-order valence-corrected chi connectivity index (χ4v) is 19.5. The van der Waals surface area contributed by atoms with Crippen LogP contribution < -0.4 is 19.8 Å². The van der Waals surface area contributed by atoms with Crippen LogP contribution in [0.15, 0.2) is 170 Å². The molecular weight excluding hydrogens is 1110 g/mol. The topological polar surface area (TPSA) is 68.8 Å². The molecule has 2 N–H and O–H groups in total. The third kappa shape index (κ3) is 13.9. The summed E-state index contributed by atoms with van der Waals surface area (Å²) < 4.78 is 18.8. The van der Waals surface area contributed by atoms with E-state index in [0.717, 1.165) is 92.9 Å². The molecule has 1 fully saturated rings. The van der Waals surface area contributed by atoms with Gasteiger partial charge in [0.2, 0.25) is 0 Å². The maximum Gasteiger partial charge on any atom is 0.147 e. The number of nitrogens with zero attached hydrogens (tertiary/aromatic N) is 2. The smallest absolute Gasteiger partial charge is 0.147 e. The van der Waals surface area contributed by atoms with Gasteiger partial charge < -0.3 is 28.8 Å². The van der Waals surface area contributed by atoms with Gasteiger partial charge in [0, 0.05) is 43.8 Å². The van der Waals surface area contributed by atoms with E-state index in [1.165, 1.54) is 147 Å². The first kappa shape index (κ1) is 62.6. The summed E-state index contributed by atoms with van der Waals surface area (Å²) in [5.74, 6) is 2.68. The first-order valence-electron chi connectivity index (χ1n) is 34.1. The van der Waals surface area contributed by atoms with Gasteiger partial charge in [-0.15, -0.1) is 0 Å². The second-order valence-electron chi connectivity index (χ2n) is 27.2. The largest absolute Gasteiger partial charge is 0.505 e. The number of rotatable bonds is 30. The summed E-state index contributed by atoms with van der Waals surface area (Å²) in [5, 5.41) is 33.3. The van der Waals surface area contributed by atoms with Crippen LogP contribution in [0.2, 0.25) is 38.3 Å². The number of fused-ring (bicyclic) bond motifs is 6. The Labute approximate surface area is 528 Å². The van der Waals surface area contributed by atoms with Gasteiger partial charge in [0.25, 0.3) is 0 Å². The maximum atomic E-state index is 12.9. The fraction of sp³-hybridized carbons (Fsp3) is 0.400. The van der Waals surface area contributed by atoms with Crippen LogP contribution in [-0.2, 0) is 0 Å². The number of benzene rings is 8. The molecule has 8 heteroatoms. The van der Waals surface area contributed by atoms with E-state index in [-0.39, 0.29) is 23.3 Å². The zero-order valence-electron chi connectivity index (χ0n) is 53.9. The van der Waals surface area contributed by atoms with E-state index in [0.29, 0.717) is 13.2 Å². The summed E-state index contributed by atoms with van der Waals surface area (Å²) in [7, 11) is -4.03. The molecule has 1 saturated carbocycles. The summed E-state index contributed by atoms with van der Waals surface area (Å²) in [6.07, 6.45) is 25.3. The highest BCUT2D eigenvalue weighted by Gasteiger charge is 2.32. The average Bonchev–Trinajstić information content (AvgIpc) is 1.50. The molecule has 10 aromatic rings. The molecule has 2 heterocycles. The molecule has 1 aliphatic carbocycles. The van der Waals surface area contributed by atoms with Crippen LogP contribution in [-0.4, -0.2) is 48.7 Å². The highest BCUT2D eigenvalue weighted by atomic mass is 28.3. The molecule has 0 bridgehead atoms. The molecule has 0 aliphatic heterocycles. The molecule has 0 amide bonds. The van der Waals surface area contributed by atoms with E-state index in [2.05, 4.69) is 219 Å². The van der Waals surface area contributed by atoms with E-state index in [9.17, 15) is 10.2 Å². The molecule has 2 aromatic heterocycles. The van der Waals surface area contributed by atoms with Gasteiger partial charge in [0.15, 0.2) is 0 Å². The third-order valence-electron chi connectivity index (χ3n) is 20.0. The number of para-hydroxylation sites is 6. The van der Waals surface area contributed by atoms with E-state index < -0.39 is 16.1 Å². The SMILES string of the molecule is CCCCCCCCCC[Si](C)(C)c1cc(-c2ccccc2OC[C@@H]2CCCC[C@H]2COc2ccccc2-c2cc([Si](C)(C)CCCCCCCCCC)cc(-n3c4ccccc4c4ccccc43)c2O)c(O)c(-n2c3ccccc3c3ccccc32)c1. The summed E-state index contributed by atoms with van der Waals surface area (Å²) >= 11 is 0. The third-order valence-corrected chi connectivity index (χ3v) is 26.9. The van der Waals surface area contributed by atoms with Crippen LogP contribution in [0.4, 0.5) is 0 Å². The number of phenols is 2. The van der Waals surface area contributed by atoms with Crippen LogP contribution in [0.1, 0.15) is 142 Å². The fourth-order valence-electron chi connectivity index (χ4n) is 14.6.